The fourth-order valence-electron chi connectivity index (χ4n) is 6.33. The molecule has 0 bridgehead atoms. The maximum Gasteiger partial charge on any atom is 0.416 e. The van der Waals surface area contributed by atoms with Gasteiger partial charge < -0.3 is 8.46 Å². The average Bonchev–Trinajstić information content (AvgIpc) is 2.02. The van der Waals surface area contributed by atoms with E-state index in [9.17, 15) is 0 Å². The summed E-state index contributed by atoms with van der Waals surface area (Å²) in [6.07, 6.45) is 0. The van der Waals surface area contributed by atoms with Gasteiger partial charge in [-0.05, 0) is 4.18 Å². The molecule has 0 N–H and O–H groups in total. The molecule has 0 aromatic carbocycles. The van der Waals surface area contributed by atoms with Crippen molar-refractivity contribution >= 4 is 47.8 Å². The summed E-state index contributed by atoms with van der Waals surface area (Å²) in [5, 5.41) is 0. The van der Waals surface area contributed by atoms with Crippen molar-refractivity contribution in [2.24, 2.45) is 0 Å². The van der Waals surface area contributed by atoms with Crippen molar-refractivity contribution < 1.29 is 4.32 Å². The third kappa shape index (κ3) is 4.47. The molecule has 0 saturated heterocycles. The van der Waals surface area contributed by atoms with Crippen molar-refractivity contribution in [1.29, 1.82) is 0 Å². The zero-order valence-corrected chi connectivity index (χ0v) is 24.4. The number of nitrogens with zero attached hydrogens (tertiary/aromatic N) is 1. The van der Waals surface area contributed by atoms with Crippen molar-refractivity contribution in [3.63, 3.8) is 0 Å². The fraction of sp³-hybridized carbons (Fsp3) is 1.00. The molecule has 0 spiro atoms. The van der Waals surface area contributed by atoms with Crippen LogP contribution in [0, 0.1) is 0 Å². The quantitative estimate of drug-likeness (QED) is 0.409. The molecule has 0 aromatic heterocycles. The second-order valence-corrected chi connectivity index (χ2v) is 40.1. The standard InChI is InChI=1S/C16H45BFNSi5/c1-20(2,3)16(21(4,5)6,22(7,8)9)17(18)19(23(10,11)12)24(13,14)15/h1-15H3. The van der Waals surface area contributed by atoms with Crippen molar-refractivity contribution in [3.05, 3.63) is 0 Å². The molecule has 8 heteroatoms. The SMILES string of the molecule is C[Si](C)(C)N(B(F)C([Si](C)(C)C)([Si](C)(C)C)[Si](C)(C)C)[Si](C)(C)C. The highest BCUT2D eigenvalue weighted by Gasteiger charge is 2.69. The molecule has 0 aliphatic rings. The normalized spacial score (nSPS) is 15.9. The van der Waals surface area contributed by atoms with Crippen molar-refractivity contribution in [1.82, 2.24) is 4.14 Å². The van der Waals surface area contributed by atoms with Crippen LogP contribution in [0.15, 0.2) is 0 Å². The van der Waals surface area contributed by atoms with Crippen molar-refractivity contribution in [2.45, 2.75) is 102 Å². The first-order chi connectivity index (χ1) is 10.0. The third-order valence-electron chi connectivity index (χ3n) is 5.58. The molecule has 0 heterocycles. The Labute approximate surface area is 158 Å². The van der Waals surface area contributed by atoms with Crippen LogP contribution in [-0.4, -0.2) is 52.0 Å². The summed E-state index contributed by atoms with van der Waals surface area (Å²) in [6.45, 7) is 36.1. The zero-order chi connectivity index (χ0) is 20.2. The van der Waals surface area contributed by atoms with Crippen molar-refractivity contribution in [3.8, 4) is 0 Å². The molecule has 0 unspecified atom stereocenters. The average molecular weight is 422 g/mol. The minimum atomic E-state index is -1.74. The molecule has 0 fully saturated rings. The van der Waals surface area contributed by atoms with E-state index in [-0.39, 0.29) is 4.18 Å². The second kappa shape index (κ2) is 6.89. The van der Waals surface area contributed by atoms with Crippen LogP contribution in [0.25, 0.3) is 0 Å². The molecule has 0 saturated carbocycles. The summed E-state index contributed by atoms with van der Waals surface area (Å²) >= 11 is 0. The van der Waals surface area contributed by atoms with E-state index in [2.05, 4.69) is 102 Å². The van der Waals surface area contributed by atoms with Crippen LogP contribution in [0.5, 0.6) is 0 Å². The summed E-state index contributed by atoms with van der Waals surface area (Å²) in [4.78, 5) is 0. The van der Waals surface area contributed by atoms with E-state index in [0.29, 0.717) is 0 Å². The van der Waals surface area contributed by atoms with E-state index in [4.69, 9.17) is 0 Å². The first-order valence-corrected chi connectivity index (χ1v) is 26.9. The predicted molar refractivity (Wildman–Crippen MR) is 128 cm³/mol. The highest BCUT2D eigenvalue weighted by atomic mass is 28.5. The molecule has 0 rings (SSSR count). The predicted octanol–water partition coefficient (Wildman–Crippen LogP) is 6.79. The van der Waals surface area contributed by atoms with Crippen LogP contribution >= 0.6 is 0 Å². The summed E-state index contributed by atoms with van der Waals surface area (Å²) in [5.41, 5.74) is 0. The van der Waals surface area contributed by atoms with Gasteiger partial charge in [-0.25, -0.2) is 0 Å². The Morgan fingerprint density at radius 1 is 0.542 bits per heavy atom. The number of hydrogen-bond acceptors (Lipinski definition) is 1. The van der Waals surface area contributed by atoms with Crippen LogP contribution < -0.4 is 0 Å². The first kappa shape index (κ1) is 25.0. The Hall–Kier alpha value is 1.04. The second-order valence-electron chi connectivity index (χ2n) is 12.6. The molecular weight excluding hydrogens is 376 g/mol. The van der Waals surface area contributed by atoms with Crippen LogP contribution in [0.2, 0.25) is 102 Å². The Morgan fingerprint density at radius 2 is 0.750 bits per heavy atom. The van der Waals surface area contributed by atoms with Gasteiger partial charge >= 0.3 is 7.12 Å². The highest BCUT2D eigenvalue weighted by molar-refractivity contribution is 7.26. The Kier molecular flexibility index (Phi) is 7.19. The largest absolute Gasteiger partial charge is 0.416 e. The van der Waals surface area contributed by atoms with Crippen molar-refractivity contribution in [2.75, 3.05) is 0 Å². The lowest BCUT2D eigenvalue weighted by Gasteiger charge is -2.63. The van der Waals surface area contributed by atoms with Crippen LogP contribution in [-0.2, 0) is 0 Å². The lowest BCUT2D eigenvalue weighted by atomic mass is 9.93. The van der Waals surface area contributed by atoms with Gasteiger partial charge in [-0.15, -0.1) is 0 Å². The Balaban J connectivity index is 6.89. The van der Waals surface area contributed by atoms with Gasteiger partial charge in [0.1, 0.15) is 16.5 Å². The number of hydrogen-bond donors (Lipinski definition) is 0. The van der Waals surface area contributed by atoms with Gasteiger partial charge in [0.25, 0.3) is 0 Å². The van der Waals surface area contributed by atoms with Gasteiger partial charge in [-0.3, -0.25) is 0 Å². The maximum absolute atomic E-state index is 17.0. The molecule has 0 radical (unpaired) electrons. The van der Waals surface area contributed by atoms with E-state index in [1.165, 1.54) is 0 Å². The highest BCUT2D eigenvalue weighted by Crippen LogP contribution is 2.57. The fourth-order valence-corrected chi connectivity index (χ4v) is 46.4. The van der Waals surface area contributed by atoms with Gasteiger partial charge in [0, 0.05) is 24.2 Å². The minimum Gasteiger partial charge on any atom is -0.359 e. The first-order valence-electron chi connectivity index (χ1n) is 9.46. The molecule has 0 amide bonds. The van der Waals surface area contributed by atoms with E-state index in [0.717, 1.165) is 0 Å². The van der Waals surface area contributed by atoms with Gasteiger partial charge in [0.15, 0.2) is 0 Å². The molecule has 24 heavy (non-hydrogen) atoms. The lowest BCUT2D eigenvalue weighted by molar-refractivity contribution is 0.702. The Bertz CT molecular complexity index is 388. The molecule has 0 aliphatic carbocycles. The summed E-state index contributed by atoms with van der Waals surface area (Å²) in [5.74, 6) is 0. The summed E-state index contributed by atoms with van der Waals surface area (Å²) < 4.78 is 19.4. The topological polar surface area (TPSA) is 3.24 Å². The van der Waals surface area contributed by atoms with E-state index in [1.54, 1.807) is 0 Å². The zero-order valence-electron chi connectivity index (χ0n) is 19.4. The van der Waals surface area contributed by atoms with Gasteiger partial charge in [-0.2, -0.15) is 0 Å². The number of rotatable bonds is 7. The van der Waals surface area contributed by atoms with Crippen LogP contribution in [0.4, 0.5) is 4.32 Å². The molecular formula is C16H45BFNSi5. The molecule has 0 atom stereocenters. The lowest BCUT2D eigenvalue weighted by Crippen LogP contribution is -2.79. The van der Waals surface area contributed by atoms with E-state index in [1.807, 2.05) is 0 Å². The molecule has 144 valence electrons. The van der Waals surface area contributed by atoms with Crippen LogP contribution in [0.1, 0.15) is 0 Å². The van der Waals surface area contributed by atoms with Gasteiger partial charge in [-0.1, -0.05) is 98.2 Å². The minimum absolute atomic E-state index is 0.0481. The molecule has 1 nitrogen and oxygen atoms in total. The monoisotopic (exact) mass is 421 g/mol. The maximum atomic E-state index is 17.0. The van der Waals surface area contributed by atoms with Gasteiger partial charge in [0.2, 0.25) is 0 Å². The van der Waals surface area contributed by atoms with E-state index >= 15 is 4.32 Å². The van der Waals surface area contributed by atoms with E-state index < -0.39 is 47.8 Å². The van der Waals surface area contributed by atoms with Gasteiger partial charge in [0.05, 0.1) is 0 Å². The summed E-state index contributed by atoms with van der Waals surface area (Å²) in [7, 11) is -9.46. The van der Waals surface area contributed by atoms with Crippen LogP contribution in [0.3, 0.4) is 0 Å². The Morgan fingerprint density at radius 3 is 0.875 bits per heavy atom. The smallest absolute Gasteiger partial charge is 0.359 e. The molecule has 0 aromatic rings. The summed E-state index contributed by atoms with van der Waals surface area (Å²) in [6, 6.07) is 0. The number of halogens is 1. The molecule has 0 aliphatic heterocycles. The third-order valence-corrected chi connectivity index (χ3v) is 34.3.